The van der Waals surface area contributed by atoms with Crippen molar-refractivity contribution < 1.29 is 4.79 Å². The van der Waals surface area contributed by atoms with Gasteiger partial charge in [0.25, 0.3) is 0 Å². The predicted octanol–water partition coefficient (Wildman–Crippen LogP) is 3.65. The number of H-pyrrole nitrogens is 1. The van der Waals surface area contributed by atoms with Crippen LogP contribution in [0.5, 0.6) is 0 Å². The molecule has 0 spiro atoms. The molecule has 0 fully saturated rings. The van der Waals surface area contributed by atoms with Gasteiger partial charge >= 0.3 is 0 Å². The minimum absolute atomic E-state index is 0.110. The second-order valence-electron chi connectivity index (χ2n) is 6.29. The highest BCUT2D eigenvalue weighted by Crippen LogP contribution is 2.18. The second kappa shape index (κ2) is 6.90. The Morgan fingerprint density at radius 1 is 1.19 bits per heavy atom. The zero-order chi connectivity index (χ0) is 15.4. The summed E-state index contributed by atoms with van der Waals surface area (Å²) in [5, 5.41) is 1.29. The van der Waals surface area contributed by atoms with Crippen molar-refractivity contribution in [3.63, 3.8) is 0 Å². The van der Waals surface area contributed by atoms with E-state index in [1.165, 1.54) is 16.5 Å². The number of para-hydroxylation sites is 1. The molecule has 1 aromatic carbocycles. The van der Waals surface area contributed by atoms with Crippen molar-refractivity contribution in [2.45, 2.75) is 40.2 Å². The van der Waals surface area contributed by atoms with Crippen molar-refractivity contribution in [1.29, 1.82) is 0 Å². The van der Waals surface area contributed by atoms with Crippen LogP contribution in [0.3, 0.4) is 0 Å². The molecule has 1 N–H and O–H groups in total. The fraction of sp³-hybridized carbons (Fsp3) is 0.500. The number of benzene rings is 1. The van der Waals surface area contributed by atoms with Crippen LogP contribution in [-0.2, 0) is 11.2 Å². The van der Waals surface area contributed by atoms with Gasteiger partial charge in [0.05, 0.1) is 6.54 Å². The standard InChI is InChI=1S/C18H26N2O/c1-13(2)18(21)12-20(14(3)4)10-9-15-11-19-17-8-6-5-7-16(15)17/h5-8,11,13-14,19H,9-10,12H2,1-4H3. The molecule has 0 saturated heterocycles. The molecule has 1 heterocycles. The SMILES string of the molecule is CC(C)C(=O)CN(CCc1c[nH]c2ccccc12)C(C)C. The number of fused-ring (bicyclic) bond motifs is 1. The lowest BCUT2D eigenvalue weighted by Gasteiger charge is -2.26. The quantitative estimate of drug-likeness (QED) is 0.843. The molecule has 21 heavy (non-hydrogen) atoms. The number of hydrogen-bond donors (Lipinski definition) is 1. The molecule has 0 saturated carbocycles. The highest BCUT2D eigenvalue weighted by atomic mass is 16.1. The molecule has 0 atom stereocenters. The van der Waals surface area contributed by atoms with Crippen molar-refractivity contribution in [2.24, 2.45) is 5.92 Å². The summed E-state index contributed by atoms with van der Waals surface area (Å²) >= 11 is 0. The molecule has 0 aliphatic rings. The molecule has 2 aromatic rings. The normalized spacial score (nSPS) is 12.0. The third kappa shape index (κ3) is 3.94. The molecular weight excluding hydrogens is 260 g/mol. The monoisotopic (exact) mass is 286 g/mol. The van der Waals surface area contributed by atoms with Gasteiger partial charge in [-0.3, -0.25) is 9.69 Å². The predicted molar refractivity (Wildman–Crippen MR) is 88.6 cm³/mol. The van der Waals surface area contributed by atoms with Crippen molar-refractivity contribution in [2.75, 3.05) is 13.1 Å². The number of nitrogens with one attached hydrogen (secondary N) is 1. The average Bonchev–Trinajstić information content (AvgIpc) is 2.86. The lowest BCUT2D eigenvalue weighted by molar-refractivity contribution is -0.123. The first-order chi connectivity index (χ1) is 9.99. The van der Waals surface area contributed by atoms with Crippen molar-refractivity contribution >= 4 is 16.7 Å². The maximum Gasteiger partial charge on any atom is 0.149 e. The van der Waals surface area contributed by atoms with Crippen molar-refractivity contribution in [3.05, 3.63) is 36.0 Å². The van der Waals surface area contributed by atoms with E-state index in [0.717, 1.165) is 13.0 Å². The Kier molecular flexibility index (Phi) is 5.18. The van der Waals surface area contributed by atoms with Gasteiger partial charge in [-0.2, -0.15) is 0 Å². The van der Waals surface area contributed by atoms with E-state index in [1.54, 1.807) is 0 Å². The van der Waals surface area contributed by atoms with Gasteiger partial charge in [0.2, 0.25) is 0 Å². The Hall–Kier alpha value is -1.61. The van der Waals surface area contributed by atoms with E-state index < -0.39 is 0 Å². The summed E-state index contributed by atoms with van der Waals surface area (Å²) in [5.74, 6) is 0.432. The van der Waals surface area contributed by atoms with Gasteiger partial charge in [-0.05, 0) is 31.9 Å². The highest BCUT2D eigenvalue weighted by Gasteiger charge is 2.16. The number of nitrogens with zero attached hydrogens (tertiary/aromatic N) is 1. The van der Waals surface area contributed by atoms with Gasteiger partial charge in [-0.15, -0.1) is 0 Å². The number of Topliss-reactive ketones (excluding diaryl/α,β-unsaturated/α-hetero) is 1. The Labute approximate surface area is 127 Å². The van der Waals surface area contributed by atoms with Gasteiger partial charge in [-0.1, -0.05) is 32.0 Å². The van der Waals surface area contributed by atoms with Gasteiger partial charge in [0, 0.05) is 35.6 Å². The van der Waals surface area contributed by atoms with E-state index in [4.69, 9.17) is 0 Å². The number of hydrogen-bond acceptors (Lipinski definition) is 2. The van der Waals surface area contributed by atoms with Crippen LogP contribution in [0.2, 0.25) is 0 Å². The van der Waals surface area contributed by atoms with E-state index in [9.17, 15) is 4.79 Å². The lowest BCUT2D eigenvalue weighted by atomic mass is 10.1. The first-order valence-electron chi connectivity index (χ1n) is 7.80. The topological polar surface area (TPSA) is 36.1 Å². The first kappa shape index (κ1) is 15.8. The minimum atomic E-state index is 0.110. The number of carbonyl (C=O) groups is 1. The van der Waals surface area contributed by atoms with Gasteiger partial charge in [0.1, 0.15) is 5.78 Å². The van der Waals surface area contributed by atoms with Crippen LogP contribution in [0.15, 0.2) is 30.5 Å². The zero-order valence-corrected chi connectivity index (χ0v) is 13.5. The summed E-state index contributed by atoms with van der Waals surface area (Å²) in [6, 6.07) is 8.76. The van der Waals surface area contributed by atoms with Crippen LogP contribution in [0.25, 0.3) is 10.9 Å². The summed E-state index contributed by atoms with van der Waals surface area (Å²) in [5.41, 5.74) is 2.51. The molecule has 0 amide bonds. The van der Waals surface area contributed by atoms with Crippen LogP contribution in [0, 0.1) is 5.92 Å². The molecule has 0 unspecified atom stereocenters. The minimum Gasteiger partial charge on any atom is -0.361 e. The fourth-order valence-corrected chi connectivity index (χ4v) is 2.51. The van der Waals surface area contributed by atoms with Gasteiger partial charge < -0.3 is 4.98 Å². The molecule has 0 radical (unpaired) electrons. The third-order valence-electron chi connectivity index (χ3n) is 4.08. The summed E-state index contributed by atoms with van der Waals surface area (Å²) < 4.78 is 0. The Bertz CT molecular complexity index is 598. The number of aromatic nitrogens is 1. The van der Waals surface area contributed by atoms with Crippen LogP contribution < -0.4 is 0 Å². The maximum absolute atomic E-state index is 12.0. The van der Waals surface area contributed by atoms with E-state index in [1.807, 2.05) is 19.9 Å². The van der Waals surface area contributed by atoms with E-state index in [2.05, 4.69) is 48.1 Å². The van der Waals surface area contributed by atoms with Crippen LogP contribution in [0.1, 0.15) is 33.3 Å². The summed E-state index contributed by atoms with van der Waals surface area (Å²) in [7, 11) is 0. The molecule has 3 heteroatoms. The number of rotatable bonds is 7. The van der Waals surface area contributed by atoms with Gasteiger partial charge in [-0.25, -0.2) is 0 Å². The summed E-state index contributed by atoms with van der Waals surface area (Å²) in [4.78, 5) is 17.6. The van der Waals surface area contributed by atoms with Gasteiger partial charge in [0.15, 0.2) is 0 Å². The molecular formula is C18H26N2O. The average molecular weight is 286 g/mol. The molecule has 3 nitrogen and oxygen atoms in total. The molecule has 0 bridgehead atoms. The molecule has 2 rings (SSSR count). The first-order valence-corrected chi connectivity index (χ1v) is 7.80. The third-order valence-corrected chi connectivity index (χ3v) is 4.08. The molecule has 0 aliphatic heterocycles. The number of carbonyl (C=O) groups excluding carboxylic acids is 1. The van der Waals surface area contributed by atoms with Crippen LogP contribution >= 0.6 is 0 Å². The number of aromatic amines is 1. The van der Waals surface area contributed by atoms with E-state index in [-0.39, 0.29) is 5.92 Å². The Morgan fingerprint density at radius 3 is 2.57 bits per heavy atom. The Morgan fingerprint density at radius 2 is 1.90 bits per heavy atom. The highest BCUT2D eigenvalue weighted by molar-refractivity contribution is 5.83. The second-order valence-corrected chi connectivity index (χ2v) is 6.29. The maximum atomic E-state index is 12.0. The largest absolute Gasteiger partial charge is 0.361 e. The van der Waals surface area contributed by atoms with E-state index >= 15 is 0 Å². The van der Waals surface area contributed by atoms with Crippen LogP contribution in [0.4, 0.5) is 0 Å². The molecule has 114 valence electrons. The smallest absolute Gasteiger partial charge is 0.149 e. The number of ketones is 1. The van der Waals surface area contributed by atoms with E-state index in [0.29, 0.717) is 18.4 Å². The van der Waals surface area contributed by atoms with Crippen LogP contribution in [-0.4, -0.2) is 34.8 Å². The lowest BCUT2D eigenvalue weighted by Crippen LogP contribution is -2.38. The molecule has 0 aliphatic carbocycles. The summed E-state index contributed by atoms with van der Waals surface area (Å²) in [6.45, 7) is 9.72. The summed E-state index contributed by atoms with van der Waals surface area (Å²) in [6.07, 6.45) is 3.06. The zero-order valence-electron chi connectivity index (χ0n) is 13.5. The van der Waals surface area contributed by atoms with Crippen molar-refractivity contribution in [3.8, 4) is 0 Å². The fourth-order valence-electron chi connectivity index (χ4n) is 2.51. The molecule has 1 aromatic heterocycles. The Balaban J connectivity index is 2.03. The van der Waals surface area contributed by atoms with Crippen molar-refractivity contribution in [1.82, 2.24) is 9.88 Å².